The fourth-order valence-corrected chi connectivity index (χ4v) is 3.60. The van der Waals surface area contributed by atoms with Gasteiger partial charge in [0.05, 0.1) is 16.5 Å². The minimum atomic E-state index is -4.56. The molecule has 3 aromatic rings. The van der Waals surface area contributed by atoms with E-state index in [0.717, 1.165) is 22.6 Å². The van der Waals surface area contributed by atoms with Gasteiger partial charge in [0.15, 0.2) is 5.82 Å². The van der Waals surface area contributed by atoms with Gasteiger partial charge in [-0.2, -0.15) is 18.4 Å². The van der Waals surface area contributed by atoms with Crippen LogP contribution in [0.2, 0.25) is 0 Å². The topological polar surface area (TPSA) is 69.5 Å². The highest BCUT2D eigenvalue weighted by molar-refractivity contribution is 7.18. The monoisotopic (exact) mass is 375 g/mol. The van der Waals surface area contributed by atoms with Crippen LogP contribution in [-0.4, -0.2) is 9.97 Å². The van der Waals surface area contributed by atoms with Gasteiger partial charge in [0.2, 0.25) is 0 Å². The number of rotatable bonds is 2. The number of fused-ring (bicyclic) bond motifs is 1. The van der Waals surface area contributed by atoms with Crippen molar-refractivity contribution in [3.05, 3.63) is 62.0 Å². The predicted molar refractivity (Wildman–Crippen MR) is 94.6 cm³/mol. The number of halogens is 3. The number of aryl methyl sites for hydroxylation is 2. The maximum absolute atomic E-state index is 13.1. The first kappa shape index (κ1) is 17.9. The molecular weight excluding hydrogens is 363 g/mol. The first-order chi connectivity index (χ1) is 12.2. The zero-order valence-electron chi connectivity index (χ0n) is 13.7. The zero-order valence-corrected chi connectivity index (χ0v) is 14.5. The van der Waals surface area contributed by atoms with Crippen LogP contribution in [0.15, 0.2) is 29.1 Å². The molecule has 0 unspecified atom stereocenters. The summed E-state index contributed by atoms with van der Waals surface area (Å²) in [5.74, 6) is -0.0526. The Kier molecular flexibility index (Phi) is 4.42. The second-order valence-corrected chi connectivity index (χ2v) is 6.84. The summed E-state index contributed by atoms with van der Waals surface area (Å²) in [6, 6.07) is 6.74. The lowest BCUT2D eigenvalue weighted by Crippen LogP contribution is -2.11. The number of aromatic amines is 1. The molecule has 4 nitrogen and oxygen atoms in total. The molecule has 8 heteroatoms. The summed E-state index contributed by atoms with van der Waals surface area (Å²) in [7, 11) is 0. The molecule has 3 rings (SSSR count). The van der Waals surface area contributed by atoms with Gasteiger partial charge in [-0.15, -0.1) is 11.3 Å². The Labute approximate surface area is 150 Å². The van der Waals surface area contributed by atoms with Crippen molar-refractivity contribution in [2.24, 2.45) is 0 Å². The van der Waals surface area contributed by atoms with Crippen LogP contribution in [0.3, 0.4) is 0 Å². The largest absolute Gasteiger partial charge is 0.416 e. The molecule has 26 heavy (non-hydrogen) atoms. The van der Waals surface area contributed by atoms with Crippen LogP contribution in [0.25, 0.3) is 21.9 Å². The first-order valence-corrected chi connectivity index (χ1v) is 8.32. The lowest BCUT2D eigenvalue weighted by molar-refractivity contribution is -0.137. The van der Waals surface area contributed by atoms with Crippen molar-refractivity contribution < 1.29 is 13.2 Å². The van der Waals surface area contributed by atoms with E-state index in [1.54, 1.807) is 6.92 Å². The van der Waals surface area contributed by atoms with Crippen LogP contribution in [0, 0.1) is 25.2 Å². The molecule has 0 aliphatic carbocycles. The number of alkyl halides is 3. The second kappa shape index (κ2) is 6.42. The fraction of sp³-hybridized carbons (Fsp3) is 0.167. The van der Waals surface area contributed by atoms with E-state index in [9.17, 15) is 23.2 Å². The van der Waals surface area contributed by atoms with Crippen molar-refractivity contribution in [2.45, 2.75) is 20.0 Å². The highest BCUT2D eigenvalue weighted by Gasteiger charge is 2.32. The van der Waals surface area contributed by atoms with E-state index in [0.29, 0.717) is 10.2 Å². The first-order valence-electron chi connectivity index (χ1n) is 7.50. The van der Waals surface area contributed by atoms with Crippen LogP contribution in [0.1, 0.15) is 27.4 Å². The highest BCUT2D eigenvalue weighted by atomic mass is 32.1. The number of hydrogen-bond acceptors (Lipinski definition) is 4. The van der Waals surface area contributed by atoms with E-state index in [1.165, 1.54) is 29.5 Å². The molecule has 0 aliphatic rings. The molecule has 1 N–H and O–H groups in total. The van der Waals surface area contributed by atoms with Crippen LogP contribution >= 0.6 is 11.3 Å². The highest BCUT2D eigenvalue weighted by Crippen LogP contribution is 2.33. The molecule has 0 radical (unpaired) electrons. The summed E-state index contributed by atoms with van der Waals surface area (Å²) in [4.78, 5) is 20.5. The molecule has 0 bridgehead atoms. The summed E-state index contributed by atoms with van der Waals surface area (Å²) in [5.41, 5.74) is -0.798. The fourth-order valence-electron chi connectivity index (χ4n) is 2.57. The van der Waals surface area contributed by atoms with Crippen molar-refractivity contribution in [1.29, 1.82) is 5.26 Å². The molecule has 2 aromatic heterocycles. The minimum Gasteiger partial charge on any atom is -0.305 e. The summed E-state index contributed by atoms with van der Waals surface area (Å²) < 4.78 is 39.4. The lowest BCUT2D eigenvalue weighted by Gasteiger charge is -2.10. The Balaban J connectivity index is 2.20. The maximum Gasteiger partial charge on any atom is 0.416 e. The van der Waals surface area contributed by atoms with Crippen molar-refractivity contribution in [1.82, 2.24) is 9.97 Å². The Morgan fingerprint density at radius 3 is 2.65 bits per heavy atom. The van der Waals surface area contributed by atoms with Gasteiger partial charge in [-0.05, 0) is 37.1 Å². The number of thiophene rings is 1. The second-order valence-electron chi connectivity index (χ2n) is 5.63. The molecule has 2 heterocycles. The Bertz CT molecular complexity index is 1130. The quantitative estimate of drug-likeness (QED) is 0.661. The van der Waals surface area contributed by atoms with Gasteiger partial charge in [-0.3, -0.25) is 4.79 Å². The lowest BCUT2D eigenvalue weighted by atomic mass is 10.0. The van der Waals surface area contributed by atoms with Crippen molar-refractivity contribution >= 4 is 33.2 Å². The van der Waals surface area contributed by atoms with Gasteiger partial charge < -0.3 is 4.98 Å². The number of nitrogens with zero attached hydrogens (tertiary/aromatic N) is 2. The number of aromatic nitrogens is 2. The SMILES string of the molecule is Cc1sc2nc(C(C#N)=Cc3ccccc3C(F)(F)F)[nH]c(=O)c2c1C. The molecule has 1 aromatic carbocycles. The van der Waals surface area contributed by atoms with Gasteiger partial charge >= 0.3 is 6.18 Å². The van der Waals surface area contributed by atoms with E-state index in [1.807, 2.05) is 13.0 Å². The van der Waals surface area contributed by atoms with Gasteiger partial charge in [-0.25, -0.2) is 4.98 Å². The minimum absolute atomic E-state index is 0.0526. The molecule has 0 fully saturated rings. The molecule has 132 valence electrons. The van der Waals surface area contributed by atoms with Crippen molar-refractivity contribution in [3.8, 4) is 6.07 Å². The van der Waals surface area contributed by atoms with Crippen LogP contribution in [-0.2, 0) is 6.18 Å². The number of H-pyrrole nitrogens is 1. The summed E-state index contributed by atoms with van der Waals surface area (Å²) in [5, 5.41) is 9.83. The number of nitrogens with one attached hydrogen (secondary N) is 1. The maximum atomic E-state index is 13.1. The molecule has 0 atom stereocenters. The standard InChI is InChI=1S/C18H12F3N3OS/c1-9-10(2)26-17-14(9)16(25)23-15(24-17)12(8-22)7-11-5-3-4-6-13(11)18(19,20)21/h3-7H,1-2H3,(H,23,24,25). The van der Waals surface area contributed by atoms with Crippen molar-refractivity contribution in [2.75, 3.05) is 0 Å². The van der Waals surface area contributed by atoms with E-state index in [-0.39, 0.29) is 17.0 Å². The number of allylic oxidation sites excluding steroid dienone is 1. The summed E-state index contributed by atoms with van der Waals surface area (Å²) >= 11 is 1.30. The van der Waals surface area contributed by atoms with Crippen LogP contribution < -0.4 is 5.56 Å². The molecule has 0 saturated heterocycles. The van der Waals surface area contributed by atoms with E-state index >= 15 is 0 Å². The van der Waals surface area contributed by atoms with Gasteiger partial charge in [-0.1, -0.05) is 18.2 Å². The third-order valence-corrected chi connectivity index (χ3v) is 5.08. The zero-order chi connectivity index (χ0) is 19.1. The smallest absolute Gasteiger partial charge is 0.305 e. The summed E-state index contributed by atoms with van der Waals surface area (Å²) in [6.45, 7) is 3.65. The average molecular weight is 375 g/mol. The van der Waals surface area contributed by atoms with Gasteiger partial charge in [0, 0.05) is 4.88 Å². The Morgan fingerprint density at radius 2 is 2.00 bits per heavy atom. The Morgan fingerprint density at radius 1 is 1.31 bits per heavy atom. The molecule has 0 aliphatic heterocycles. The van der Waals surface area contributed by atoms with Crippen LogP contribution in [0.5, 0.6) is 0 Å². The number of hydrogen-bond donors (Lipinski definition) is 1. The van der Waals surface area contributed by atoms with E-state index in [2.05, 4.69) is 9.97 Å². The van der Waals surface area contributed by atoms with Crippen molar-refractivity contribution in [3.63, 3.8) is 0 Å². The average Bonchev–Trinajstić information content (AvgIpc) is 2.86. The number of benzene rings is 1. The molecule has 0 saturated carbocycles. The predicted octanol–water partition coefficient (Wildman–Crippen LogP) is 4.68. The summed E-state index contributed by atoms with van der Waals surface area (Å²) in [6.07, 6.45) is -3.47. The van der Waals surface area contributed by atoms with E-state index < -0.39 is 17.3 Å². The molecule has 0 spiro atoms. The third kappa shape index (κ3) is 3.13. The third-order valence-electron chi connectivity index (χ3n) is 3.98. The van der Waals surface area contributed by atoms with Gasteiger partial charge in [0.25, 0.3) is 5.56 Å². The molecular formula is C18H12F3N3OS. The van der Waals surface area contributed by atoms with E-state index in [4.69, 9.17) is 0 Å². The molecule has 0 amide bonds. The Hall–Kier alpha value is -2.92. The van der Waals surface area contributed by atoms with Crippen LogP contribution in [0.4, 0.5) is 13.2 Å². The normalized spacial score (nSPS) is 12.4. The number of nitriles is 1. The van der Waals surface area contributed by atoms with Gasteiger partial charge in [0.1, 0.15) is 10.9 Å².